The quantitative estimate of drug-likeness (QED) is 0.633. The van der Waals surface area contributed by atoms with E-state index in [1.54, 1.807) is 32.9 Å². The number of H-pyrrole nitrogens is 1. The molecule has 1 amide bonds. The normalized spacial score (nSPS) is 14.6. The van der Waals surface area contributed by atoms with Gasteiger partial charge in [0.1, 0.15) is 5.69 Å². The van der Waals surface area contributed by atoms with Crippen LogP contribution in [0, 0.1) is 13.8 Å². The van der Waals surface area contributed by atoms with E-state index in [4.69, 9.17) is 14.2 Å². The van der Waals surface area contributed by atoms with Gasteiger partial charge in [0.15, 0.2) is 6.10 Å². The fourth-order valence-corrected chi connectivity index (χ4v) is 3.56. The first-order valence-corrected chi connectivity index (χ1v) is 10.6. The maximum absolute atomic E-state index is 12.6. The molecule has 0 aliphatic carbocycles. The third kappa shape index (κ3) is 5.28. The Balaban J connectivity index is 1.60. The van der Waals surface area contributed by atoms with Crippen LogP contribution >= 0.6 is 0 Å². The van der Waals surface area contributed by atoms with Crippen molar-refractivity contribution >= 4 is 29.2 Å². The summed E-state index contributed by atoms with van der Waals surface area (Å²) in [5, 5.41) is 2.75. The van der Waals surface area contributed by atoms with E-state index in [9.17, 15) is 14.4 Å². The summed E-state index contributed by atoms with van der Waals surface area (Å²) in [5.74, 6) is -1.68. The maximum Gasteiger partial charge on any atom is 0.355 e. The molecule has 1 aliphatic rings. The zero-order valence-electron chi connectivity index (χ0n) is 18.8. The number of anilines is 2. The van der Waals surface area contributed by atoms with Gasteiger partial charge in [-0.2, -0.15) is 0 Å². The first-order chi connectivity index (χ1) is 15.3. The van der Waals surface area contributed by atoms with E-state index in [1.807, 2.05) is 12.1 Å². The number of aromatic amines is 1. The zero-order valence-corrected chi connectivity index (χ0v) is 18.8. The topological polar surface area (TPSA) is 110 Å². The van der Waals surface area contributed by atoms with Crippen molar-refractivity contribution in [1.82, 2.24) is 4.98 Å². The lowest BCUT2D eigenvalue weighted by Gasteiger charge is -2.28. The Kier molecular flexibility index (Phi) is 7.53. The molecule has 32 heavy (non-hydrogen) atoms. The molecule has 1 aromatic heterocycles. The fraction of sp³-hybridized carbons (Fsp3) is 0.435. The number of ether oxygens (including phenoxy) is 3. The van der Waals surface area contributed by atoms with E-state index in [-0.39, 0.29) is 12.3 Å². The Morgan fingerprint density at radius 2 is 1.78 bits per heavy atom. The molecule has 1 atom stereocenters. The Morgan fingerprint density at radius 1 is 1.12 bits per heavy atom. The van der Waals surface area contributed by atoms with Crippen molar-refractivity contribution in [2.45, 2.75) is 33.8 Å². The van der Waals surface area contributed by atoms with Crippen LogP contribution in [0.15, 0.2) is 24.3 Å². The van der Waals surface area contributed by atoms with Crippen LogP contribution in [0.5, 0.6) is 0 Å². The number of nitrogens with one attached hydrogen (secondary N) is 2. The lowest BCUT2D eigenvalue weighted by atomic mass is 10.1. The van der Waals surface area contributed by atoms with Gasteiger partial charge in [0.25, 0.3) is 5.91 Å². The van der Waals surface area contributed by atoms with Crippen molar-refractivity contribution in [2.75, 3.05) is 43.1 Å². The van der Waals surface area contributed by atoms with Gasteiger partial charge in [0.2, 0.25) is 0 Å². The number of aromatic nitrogens is 1. The van der Waals surface area contributed by atoms with Gasteiger partial charge in [0, 0.05) is 30.2 Å². The van der Waals surface area contributed by atoms with Crippen LogP contribution < -0.4 is 10.2 Å². The van der Waals surface area contributed by atoms with Gasteiger partial charge in [-0.15, -0.1) is 0 Å². The molecule has 3 rings (SSSR count). The minimum absolute atomic E-state index is 0.125. The molecular weight excluding hydrogens is 414 g/mol. The van der Waals surface area contributed by atoms with E-state index < -0.39 is 23.9 Å². The number of benzene rings is 1. The second-order valence-corrected chi connectivity index (χ2v) is 7.53. The molecule has 0 spiro atoms. The standard InChI is InChI=1S/C23H29N3O6/c1-5-31-22(28)19-14(2)20(24-15(19)3)23(29)32-16(4)21(27)25-17-6-8-18(9-7-17)26-10-12-30-13-11-26/h6-9,16,24H,5,10-13H2,1-4H3,(H,25,27)/t16-/m0/s1. The average molecular weight is 444 g/mol. The van der Waals surface area contributed by atoms with E-state index in [2.05, 4.69) is 15.2 Å². The lowest BCUT2D eigenvalue weighted by Crippen LogP contribution is -2.36. The first kappa shape index (κ1) is 23.3. The average Bonchev–Trinajstić information content (AvgIpc) is 3.09. The Morgan fingerprint density at radius 3 is 2.41 bits per heavy atom. The van der Waals surface area contributed by atoms with Crippen LogP contribution in [0.1, 0.15) is 46.0 Å². The third-order valence-corrected chi connectivity index (χ3v) is 5.29. The second-order valence-electron chi connectivity index (χ2n) is 7.53. The first-order valence-electron chi connectivity index (χ1n) is 10.6. The molecule has 2 heterocycles. The predicted molar refractivity (Wildman–Crippen MR) is 119 cm³/mol. The number of aryl methyl sites for hydroxylation is 1. The number of carbonyl (C=O) groups excluding carboxylic acids is 3. The third-order valence-electron chi connectivity index (χ3n) is 5.29. The summed E-state index contributed by atoms with van der Waals surface area (Å²) in [6, 6.07) is 7.47. The molecule has 9 heteroatoms. The summed E-state index contributed by atoms with van der Waals surface area (Å²) in [6.45, 7) is 9.79. The molecular formula is C23H29N3O6. The summed E-state index contributed by atoms with van der Waals surface area (Å²) >= 11 is 0. The van der Waals surface area contributed by atoms with E-state index in [1.165, 1.54) is 6.92 Å². The highest BCUT2D eigenvalue weighted by atomic mass is 16.5. The number of esters is 2. The maximum atomic E-state index is 12.6. The van der Waals surface area contributed by atoms with Gasteiger partial charge < -0.3 is 29.4 Å². The van der Waals surface area contributed by atoms with Crippen LogP contribution in [0.4, 0.5) is 11.4 Å². The molecule has 0 bridgehead atoms. The Bertz CT molecular complexity index is 976. The number of hydrogen-bond donors (Lipinski definition) is 2. The van der Waals surface area contributed by atoms with Crippen molar-refractivity contribution in [3.05, 3.63) is 46.8 Å². The van der Waals surface area contributed by atoms with Gasteiger partial charge in [-0.05, 0) is 57.5 Å². The zero-order chi connectivity index (χ0) is 23.3. The van der Waals surface area contributed by atoms with Gasteiger partial charge in [-0.25, -0.2) is 9.59 Å². The molecule has 0 saturated carbocycles. The summed E-state index contributed by atoms with van der Waals surface area (Å²) in [5.41, 5.74) is 3.02. The lowest BCUT2D eigenvalue weighted by molar-refractivity contribution is -0.123. The van der Waals surface area contributed by atoms with E-state index >= 15 is 0 Å². The van der Waals surface area contributed by atoms with Crippen LogP contribution in [0.25, 0.3) is 0 Å². The SMILES string of the molecule is CCOC(=O)c1c(C)[nH]c(C(=O)O[C@@H](C)C(=O)Nc2ccc(N3CCOCC3)cc2)c1C. The summed E-state index contributed by atoms with van der Waals surface area (Å²) in [7, 11) is 0. The van der Waals surface area contributed by atoms with E-state index in [0.29, 0.717) is 35.7 Å². The summed E-state index contributed by atoms with van der Waals surface area (Å²) in [6.07, 6.45) is -1.03. The molecule has 2 aromatic rings. The molecule has 0 radical (unpaired) electrons. The highest BCUT2D eigenvalue weighted by Crippen LogP contribution is 2.21. The largest absolute Gasteiger partial charge is 0.462 e. The van der Waals surface area contributed by atoms with Gasteiger partial charge in [0.05, 0.1) is 25.4 Å². The molecule has 1 aromatic carbocycles. The number of rotatable bonds is 7. The predicted octanol–water partition coefficient (Wildman–Crippen LogP) is 2.83. The Hall–Kier alpha value is -3.33. The van der Waals surface area contributed by atoms with Crippen molar-refractivity contribution in [3.8, 4) is 0 Å². The Labute approximate surface area is 187 Å². The van der Waals surface area contributed by atoms with Crippen molar-refractivity contribution in [1.29, 1.82) is 0 Å². The molecule has 2 N–H and O–H groups in total. The second kappa shape index (κ2) is 10.3. The number of amides is 1. The van der Waals surface area contributed by atoms with Gasteiger partial charge >= 0.3 is 11.9 Å². The molecule has 1 fully saturated rings. The number of nitrogens with zero attached hydrogens (tertiary/aromatic N) is 1. The molecule has 0 unspecified atom stereocenters. The van der Waals surface area contributed by atoms with E-state index in [0.717, 1.165) is 18.8 Å². The fourth-order valence-electron chi connectivity index (χ4n) is 3.56. The molecule has 172 valence electrons. The van der Waals surface area contributed by atoms with Gasteiger partial charge in [-0.3, -0.25) is 4.79 Å². The number of hydrogen-bond acceptors (Lipinski definition) is 7. The van der Waals surface area contributed by atoms with Crippen molar-refractivity contribution in [3.63, 3.8) is 0 Å². The highest BCUT2D eigenvalue weighted by Gasteiger charge is 2.26. The smallest absolute Gasteiger partial charge is 0.355 e. The molecule has 9 nitrogen and oxygen atoms in total. The summed E-state index contributed by atoms with van der Waals surface area (Å²) in [4.78, 5) is 42.3. The van der Waals surface area contributed by atoms with Crippen LogP contribution in [-0.2, 0) is 19.0 Å². The number of carbonyl (C=O) groups is 3. The minimum Gasteiger partial charge on any atom is -0.462 e. The van der Waals surface area contributed by atoms with Crippen LogP contribution in [0.3, 0.4) is 0 Å². The van der Waals surface area contributed by atoms with Crippen LogP contribution in [0.2, 0.25) is 0 Å². The molecule has 1 saturated heterocycles. The number of morpholine rings is 1. The summed E-state index contributed by atoms with van der Waals surface area (Å²) < 4.78 is 15.7. The van der Waals surface area contributed by atoms with Crippen LogP contribution in [-0.4, -0.2) is 61.8 Å². The van der Waals surface area contributed by atoms with Crippen molar-refractivity contribution < 1.29 is 28.6 Å². The minimum atomic E-state index is -1.03. The van der Waals surface area contributed by atoms with Gasteiger partial charge in [-0.1, -0.05) is 0 Å². The monoisotopic (exact) mass is 443 g/mol. The highest BCUT2D eigenvalue weighted by molar-refractivity contribution is 6.00. The molecule has 1 aliphatic heterocycles. The van der Waals surface area contributed by atoms with Crippen molar-refractivity contribution in [2.24, 2.45) is 0 Å².